The monoisotopic (exact) mass is 359 g/mol. The average molecular weight is 359 g/mol. The first kappa shape index (κ1) is 16.4. The maximum Gasteiger partial charge on any atom is 0.231 e. The van der Waals surface area contributed by atoms with Crippen LogP contribution < -0.4 is 10.2 Å². The summed E-state index contributed by atoms with van der Waals surface area (Å²) in [4.78, 5) is 26.1. The lowest BCUT2D eigenvalue weighted by atomic mass is 10.1. The molecule has 0 spiro atoms. The second kappa shape index (κ2) is 7.42. The van der Waals surface area contributed by atoms with Crippen molar-refractivity contribution in [2.24, 2.45) is 5.92 Å². The van der Waals surface area contributed by atoms with E-state index in [1.807, 2.05) is 36.4 Å². The molecule has 2 amide bonds. The Morgan fingerprint density at radius 3 is 2.96 bits per heavy atom. The third kappa shape index (κ3) is 3.72. The topological polar surface area (TPSA) is 99.0 Å². The lowest BCUT2D eigenvalue weighted by Gasteiger charge is -2.16. The van der Waals surface area contributed by atoms with Gasteiger partial charge in [-0.05, 0) is 12.1 Å². The predicted octanol–water partition coefficient (Wildman–Crippen LogP) is 2.15. The van der Waals surface area contributed by atoms with E-state index < -0.39 is 5.92 Å². The molecule has 122 valence electrons. The summed E-state index contributed by atoms with van der Waals surface area (Å²) in [5.74, 6) is -0.443. The zero-order valence-corrected chi connectivity index (χ0v) is 14.1. The highest BCUT2D eigenvalue weighted by atomic mass is 32.2. The third-order valence-corrected chi connectivity index (χ3v) is 5.30. The number of hydrogen-bond donors (Lipinski definition) is 1. The molecule has 1 saturated heterocycles. The van der Waals surface area contributed by atoms with E-state index in [1.54, 1.807) is 4.90 Å². The second-order valence-corrected chi connectivity index (χ2v) is 7.25. The number of hydrogen-bond acceptors (Lipinski definition) is 7. The molecule has 9 heteroatoms. The molecular formula is C15H13N5O2S2. The van der Waals surface area contributed by atoms with Gasteiger partial charge in [0, 0.05) is 18.7 Å². The Balaban J connectivity index is 1.61. The minimum Gasteiger partial charge on any atom is -0.312 e. The van der Waals surface area contributed by atoms with Crippen LogP contribution in [-0.4, -0.2) is 34.3 Å². The first-order chi connectivity index (χ1) is 11.7. The quantitative estimate of drug-likeness (QED) is 0.649. The van der Waals surface area contributed by atoms with Crippen LogP contribution in [0.1, 0.15) is 6.42 Å². The van der Waals surface area contributed by atoms with Crippen LogP contribution in [0.5, 0.6) is 0 Å². The molecule has 1 aromatic carbocycles. The highest BCUT2D eigenvalue weighted by molar-refractivity contribution is 8.01. The van der Waals surface area contributed by atoms with Gasteiger partial charge >= 0.3 is 0 Å². The molecule has 0 radical (unpaired) electrons. The molecule has 1 aliphatic heterocycles. The van der Waals surface area contributed by atoms with Crippen molar-refractivity contribution in [2.45, 2.75) is 10.8 Å². The Labute approximate surface area is 146 Å². The molecule has 1 aliphatic rings. The van der Waals surface area contributed by atoms with Gasteiger partial charge in [-0.15, -0.1) is 10.2 Å². The highest BCUT2D eigenvalue weighted by Crippen LogP contribution is 2.28. The minimum absolute atomic E-state index is 0.0659. The summed E-state index contributed by atoms with van der Waals surface area (Å²) in [6, 6.07) is 11.3. The summed E-state index contributed by atoms with van der Waals surface area (Å²) >= 11 is 2.49. The van der Waals surface area contributed by atoms with Crippen molar-refractivity contribution in [2.75, 3.05) is 22.5 Å². The fourth-order valence-electron chi connectivity index (χ4n) is 2.36. The normalized spacial score (nSPS) is 16.9. The second-order valence-electron chi connectivity index (χ2n) is 5.05. The number of anilines is 2. The van der Waals surface area contributed by atoms with Gasteiger partial charge in [0.2, 0.25) is 16.9 Å². The Morgan fingerprint density at radius 1 is 1.42 bits per heavy atom. The van der Waals surface area contributed by atoms with Crippen molar-refractivity contribution in [3.05, 3.63) is 30.3 Å². The molecule has 0 aliphatic carbocycles. The van der Waals surface area contributed by atoms with Crippen LogP contribution in [0.15, 0.2) is 34.7 Å². The van der Waals surface area contributed by atoms with E-state index in [4.69, 9.17) is 5.26 Å². The fourth-order valence-corrected chi connectivity index (χ4v) is 3.78. The summed E-state index contributed by atoms with van der Waals surface area (Å²) in [6.45, 7) is 0.351. The van der Waals surface area contributed by atoms with E-state index in [0.717, 1.165) is 5.69 Å². The predicted molar refractivity (Wildman–Crippen MR) is 91.8 cm³/mol. The van der Waals surface area contributed by atoms with E-state index in [1.165, 1.54) is 23.1 Å². The van der Waals surface area contributed by atoms with Crippen molar-refractivity contribution in [1.29, 1.82) is 5.26 Å². The molecule has 0 unspecified atom stereocenters. The average Bonchev–Trinajstić information content (AvgIpc) is 3.20. The Morgan fingerprint density at radius 2 is 2.21 bits per heavy atom. The molecule has 1 aromatic heterocycles. The molecule has 3 rings (SSSR count). The van der Waals surface area contributed by atoms with Crippen LogP contribution in [0.2, 0.25) is 0 Å². The highest BCUT2D eigenvalue weighted by Gasteiger charge is 2.35. The van der Waals surface area contributed by atoms with Gasteiger partial charge in [-0.1, -0.05) is 41.3 Å². The van der Waals surface area contributed by atoms with Gasteiger partial charge in [-0.2, -0.15) is 5.26 Å². The molecule has 7 nitrogen and oxygen atoms in total. The van der Waals surface area contributed by atoms with Crippen molar-refractivity contribution in [3.8, 4) is 6.07 Å². The van der Waals surface area contributed by atoms with Crippen molar-refractivity contribution in [3.63, 3.8) is 0 Å². The van der Waals surface area contributed by atoms with Gasteiger partial charge in [0.25, 0.3) is 0 Å². The summed E-state index contributed by atoms with van der Waals surface area (Å²) in [6.07, 6.45) is 0.176. The van der Waals surface area contributed by atoms with E-state index in [2.05, 4.69) is 15.5 Å². The van der Waals surface area contributed by atoms with Gasteiger partial charge in [0.05, 0.1) is 17.7 Å². The minimum atomic E-state index is -0.420. The number of aromatic nitrogens is 2. The van der Waals surface area contributed by atoms with Crippen LogP contribution in [0.25, 0.3) is 0 Å². The number of thioether (sulfide) groups is 1. The Kier molecular flexibility index (Phi) is 5.08. The Hall–Kier alpha value is -2.44. The smallest absolute Gasteiger partial charge is 0.231 e. The molecule has 2 heterocycles. The third-order valence-electron chi connectivity index (χ3n) is 3.46. The molecule has 1 fully saturated rings. The number of rotatable bonds is 5. The summed E-state index contributed by atoms with van der Waals surface area (Å²) < 4.78 is 0.625. The number of nitriles is 1. The van der Waals surface area contributed by atoms with Crippen LogP contribution in [0.4, 0.5) is 10.8 Å². The maximum absolute atomic E-state index is 12.4. The lowest BCUT2D eigenvalue weighted by molar-refractivity contribution is -0.122. The van der Waals surface area contributed by atoms with Gasteiger partial charge in [-0.25, -0.2) is 0 Å². The molecule has 24 heavy (non-hydrogen) atoms. The summed E-state index contributed by atoms with van der Waals surface area (Å²) in [7, 11) is 0. The Bertz CT molecular complexity index is 787. The van der Waals surface area contributed by atoms with Crippen LogP contribution in [0, 0.1) is 17.2 Å². The number of para-hydroxylation sites is 1. The number of carbonyl (C=O) groups is 2. The molecular weight excluding hydrogens is 346 g/mol. The van der Waals surface area contributed by atoms with Gasteiger partial charge < -0.3 is 10.2 Å². The van der Waals surface area contributed by atoms with E-state index >= 15 is 0 Å². The molecule has 1 atom stereocenters. The van der Waals surface area contributed by atoms with E-state index in [-0.39, 0.29) is 24.0 Å². The zero-order chi connectivity index (χ0) is 16.9. The number of benzene rings is 1. The van der Waals surface area contributed by atoms with Crippen molar-refractivity contribution >= 4 is 45.7 Å². The van der Waals surface area contributed by atoms with Gasteiger partial charge in [-0.3, -0.25) is 9.59 Å². The first-order valence-electron chi connectivity index (χ1n) is 7.17. The zero-order valence-electron chi connectivity index (χ0n) is 12.5. The molecule has 1 N–H and O–H groups in total. The molecule has 0 saturated carbocycles. The number of carbonyl (C=O) groups excluding carboxylic acids is 2. The SMILES string of the molecule is N#CCSc1nnc(NC(=O)[C@@H]2CC(=O)N(c3ccccc3)C2)s1. The van der Waals surface area contributed by atoms with E-state index in [0.29, 0.717) is 16.0 Å². The lowest BCUT2D eigenvalue weighted by Crippen LogP contribution is -2.28. The van der Waals surface area contributed by atoms with Crippen molar-refractivity contribution in [1.82, 2.24) is 10.2 Å². The standard InChI is InChI=1S/C15H13N5O2S2/c16-6-7-23-15-19-18-14(24-15)17-13(22)10-8-12(21)20(9-10)11-4-2-1-3-5-11/h1-5,10H,7-9H2,(H,17,18,22)/t10-/m1/s1. The number of amides is 2. The fraction of sp³-hybridized carbons (Fsp3) is 0.267. The number of nitrogens with one attached hydrogen (secondary N) is 1. The van der Waals surface area contributed by atoms with Crippen LogP contribution in [0.3, 0.4) is 0 Å². The summed E-state index contributed by atoms with van der Waals surface area (Å²) in [5.41, 5.74) is 0.795. The van der Waals surface area contributed by atoms with Crippen LogP contribution in [-0.2, 0) is 9.59 Å². The van der Waals surface area contributed by atoms with Crippen LogP contribution >= 0.6 is 23.1 Å². The number of nitrogens with zero attached hydrogens (tertiary/aromatic N) is 4. The largest absolute Gasteiger partial charge is 0.312 e. The van der Waals surface area contributed by atoms with Crippen molar-refractivity contribution < 1.29 is 9.59 Å². The molecule has 0 bridgehead atoms. The molecule has 2 aromatic rings. The van der Waals surface area contributed by atoms with Gasteiger partial charge in [0.1, 0.15) is 0 Å². The maximum atomic E-state index is 12.4. The van der Waals surface area contributed by atoms with Gasteiger partial charge in [0.15, 0.2) is 4.34 Å². The van der Waals surface area contributed by atoms with E-state index in [9.17, 15) is 9.59 Å². The first-order valence-corrected chi connectivity index (χ1v) is 8.97. The summed E-state index contributed by atoms with van der Waals surface area (Å²) in [5, 5.41) is 19.4.